The van der Waals surface area contributed by atoms with Gasteiger partial charge in [-0.05, 0) is 36.6 Å². The van der Waals surface area contributed by atoms with E-state index in [0.717, 1.165) is 16.3 Å². The molecule has 0 spiro atoms. The van der Waals surface area contributed by atoms with Crippen LogP contribution in [0.2, 0.25) is 5.02 Å². The number of thiophene rings is 1. The van der Waals surface area contributed by atoms with Crippen molar-refractivity contribution in [1.82, 2.24) is 4.98 Å². The summed E-state index contributed by atoms with van der Waals surface area (Å²) in [4.78, 5) is 19.6. The van der Waals surface area contributed by atoms with Gasteiger partial charge in [-0.15, -0.1) is 11.3 Å². The third-order valence-electron chi connectivity index (χ3n) is 3.57. The quantitative estimate of drug-likeness (QED) is 0.632. The molecule has 0 saturated carbocycles. The summed E-state index contributed by atoms with van der Waals surface area (Å²) in [5, 5.41) is 5.42. The molecule has 0 saturated heterocycles. The summed E-state index contributed by atoms with van der Waals surface area (Å²) in [6.45, 7) is 1.85. The Morgan fingerprint density at radius 2 is 2.12 bits per heavy atom. The number of hydrogen-bond acceptors (Lipinski definition) is 5. The Morgan fingerprint density at radius 1 is 1.33 bits per heavy atom. The fraction of sp³-hybridized carbons (Fsp3) is 0.176. The maximum atomic E-state index is 12.9. The SMILES string of the molecule is COc1ccc(Cl)cc1N(C)C(=O)c1sc(-c2ccsc2)nc1C. The van der Waals surface area contributed by atoms with E-state index in [1.54, 1.807) is 48.6 Å². The van der Waals surface area contributed by atoms with E-state index >= 15 is 0 Å². The number of anilines is 1. The van der Waals surface area contributed by atoms with E-state index < -0.39 is 0 Å². The first kappa shape index (κ1) is 17.0. The molecule has 2 heterocycles. The van der Waals surface area contributed by atoms with Crippen molar-refractivity contribution < 1.29 is 9.53 Å². The third kappa shape index (κ3) is 3.17. The Kier molecular flexibility index (Phi) is 4.89. The minimum atomic E-state index is -0.132. The number of hydrogen-bond donors (Lipinski definition) is 0. The van der Waals surface area contributed by atoms with E-state index in [-0.39, 0.29) is 5.91 Å². The second-order valence-corrected chi connectivity index (χ2v) is 7.34. The molecular formula is C17H15ClN2O2S2. The largest absolute Gasteiger partial charge is 0.495 e. The molecule has 124 valence electrons. The molecule has 3 rings (SSSR count). The normalized spacial score (nSPS) is 10.7. The van der Waals surface area contributed by atoms with Crippen molar-refractivity contribution in [2.75, 3.05) is 19.1 Å². The minimum absolute atomic E-state index is 0.132. The van der Waals surface area contributed by atoms with E-state index in [1.165, 1.54) is 11.3 Å². The topological polar surface area (TPSA) is 42.4 Å². The molecule has 0 aliphatic heterocycles. The summed E-state index contributed by atoms with van der Waals surface area (Å²) in [6, 6.07) is 7.20. The molecule has 0 aliphatic carbocycles. The van der Waals surface area contributed by atoms with Crippen LogP contribution in [0.4, 0.5) is 5.69 Å². The number of halogens is 1. The highest BCUT2D eigenvalue weighted by molar-refractivity contribution is 7.17. The molecule has 1 aromatic carbocycles. The summed E-state index contributed by atoms with van der Waals surface area (Å²) < 4.78 is 5.34. The van der Waals surface area contributed by atoms with Crippen molar-refractivity contribution in [3.05, 3.63) is 50.6 Å². The molecule has 0 aliphatic rings. The van der Waals surface area contributed by atoms with Gasteiger partial charge < -0.3 is 9.64 Å². The van der Waals surface area contributed by atoms with Crippen LogP contribution < -0.4 is 9.64 Å². The number of carbonyl (C=O) groups is 1. The summed E-state index contributed by atoms with van der Waals surface area (Å²) in [5.41, 5.74) is 2.38. The molecule has 4 nitrogen and oxygen atoms in total. The number of aromatic nitrogens is 1. The van der Waals surface area contributed by atoms with Gasteiger partial charge in [-0.25, -0.2) is 4.98 Å². The van der Waals surface area contributed by atoms with Crippen LogP contribution >= 0.6 is 34.3 Å². The average molecular weight is 379 g/mol. The zero-order valence-electron chi connectivity index (χ0n) is 13.4. The molecule has 7 heteroatoms. The summed E-state index contributed by atoms with van der Waals surface area (Å²) >= 11 is 9.07. The van der Waals surface area contributed by atoms with Gasteiger partial charge in [0.1, 0.15) is 15.6 Å². The fourth-order valence-electron chi connectivity index (χ4n) is 2.29. The van der Waals surface area contributed by atoms with Gasteiger partial charge in [-0.3, -0.25) is 4.79 Å². The zero-order valence-corrected chi connectivity index (χ0v) is 15.8. The van der Waals surface area contributed by atoms with Crippen molar-refractivity contribution in [2.24, 2.45) is 0 Å². The molecule has 0 radical (unpaired) electrons. The number of methoxy groups -OCH3 is 1. The first-order valence-corrected chi connectivity index (χ1v) is 9.26. The van der Waals surface area contributed by atoms with Gasteiger partial charge >= 0.3 is 0 Å². The molecule has 2 aromatic heterocycles. The highest BCUT2D eigenvalue weighted by Gasteiger charge is 2.23. The van der Waals surface area contributed by atoms with Gasteiger partial charge in [0.2, 0.25) is 0 Å². The lowest BCUT2D eigenvalue weighted by Crippen LogP contribution is -2.26. The Labute approximate surface area is 153 Å². The number of ether oxygens (including phenoxy) is 1. The zero-order chi connectivity index (χ0) is 17.3. The third-order valence-corrected chi connectivity index (χ3v) is 5.68. The molecule has 0 atom stereocenters. The van der Waals surface area contributed by atoms with Crippen LogP contribution in [0.3, 0.4) is 0 Å². The van der Waals surface area contributed by atoms with Crippen molar-refractivity contribution in [3.8, 4) is 16.3 Å². The van der Waals surface area contributed by atoms with Gasteiger partial charge in [-0.2, -0.15) is 11.3 Å². The molecule has 0 N–H and O–H groups in total. The van der Waals surface area contributed by atoms with Crippen molar-refractivity contribution >= 4 is 45.9 Å². The maximum Gasteiger partial charge on any atom is 0.270 e. The second-order valence-electron chi connectivity index (χ2n) is 5.13. The molecular weight excluding hydrogens is 364 g/mol. The number of thiazole rings is 1. The monoisotopic (exact) mass is 378 g/mol. The summed E-state index contributed by atoms with van der Waals surface area (Å²) in [7, 11) is 3.28. The average Bonchev–Trinajstić information content (AvgIpc) is 3.22. The minimum Gasteiger partial charge on any atom is -0.495 e. The van der Waals surface area contributed by atoms with E-state index in [4.69, 9.17) is 16.3 Å². The molecule has 0 fully saturated rings. The number of benzene rings is 1. The van der Waals surface area contributed by atoms with E-state index in [1.807, 2.05) is 23.8 Å². The predicted molar refractivity (Wildman–Crippen MR) is 101 cm³/mol. The molecule has 3 aromatic rings. The van der Waals surface area contributed by atoms with Crippen LogP contribution in [-0.4, -0.2) is 25.0 Å². The van der Waals surface area contributed by atoms with E-state index in [0.29, 0.717) is 21.3 Å². The summed E-state index contributed by atoms with van der Waals surface area (Å²) in [6.07, 6.45) is 0. The van der Waals surface area contributed by atoms with E-state index in [9.17, 15) is 4.79 Å². The van der Waals surface area contributed by atoms with E-state index in [2.05, 4.69) is 4.98 Å². The van der Waals surface area contributed by atoms with Crippen LogP contribution in [0.1, 0.15) is 15.4 Å². The molecule has 24 heavy (non-hydrogen) atoms. The first-order valence-electron chi connectivity index (χ1n) is 7.13. The number of carbonyl (C=O) groups excluding carboxylic acids is 1. The fourth-order valence-corrected chi connectivity index (χ4v) is 4.21. The van der Waals surface area contributed by atoms with Crippen molar-refractivity contribution in [3.63, 3.8) is 0 Å². The van der Waals surface area contributed by atoms with Crippen molar-refractivity contribution in [1.29, 1.82) is 0 Å². The van der Waals surface area contributed by atoms with Gasteiger partial charge in [0.25, 0.3) is 5.91 Å². The van der Waals surface area contributed by atoms with Gasteiger partial charge in [0.05, 0.1) is 18.5 Å². The number of aryl methyl sites for hydroxylation is 1. The number of nitrogens with zero attached hydrogens (tertiary/aromatic N) is 2. The molecule has 0 unspecified atom stereocenters. The lowest BCUT2D eigenvalue weighted by molar-refractivity contribution is 0.0995. The van der Waals surface area contributed by atoms with Crippen LogP contribution in [-0.2, 0) is 0 Å². The highest BCUT2D eigenvalue weighted by Crippen LogP contribution is 2.34. The van der Waals surface area contributed by atoms with Crippen LogP contribution in [0.25, 0.3) is 10.6 Å². The molecule has 1 amide bonds. The van der Waals surface area contributed by atoms with Crippen LogP contribution in [0, 0.1) is 6.92 Å². The van der Waals surface area contributed by atoms with Gasteiger partial charge in [0.15, 0.2) is 0 Å². The standard InChI is InChI=1S/C17H15ClN2O2S2/c1-10-15(24-16(19-10)11-6-7-23-9-11)17(21)20(2)13-8-12(18)4-5-14(13)22-3/h4-9H,1-3H3. The number of rotatable bonds is 4. The summed E-state index contributed by atoms with van der Waals surface area (Å²) in [5.74, 6) is 0.461. The van der Waals surface area contributed by atoms with Gasteiger partial charge in [-0.1, -0.05) is 11.6 Å². The highest BCUT2D eigenvalue weighted by atomic mass is 35.5. The lowest BCUT2D eigenvalue weighted by Gasteiger charge is -2.19. The van der Waals surface area contributed by atoms with Crippen molar-refractivity contribution in [2.45, 2.75) is 6.92 Å². The Hall–Kier alpha value is -1.89. The second kappa shape index (κ2) is 6.93. The predicted octanol–water partition coefficient (Wildman–Crippen LogP) is 5.12. The smallest absolute Gasteiger partial charge is 0.270 e. The Morgan fingerprint density at radius 3 is 2.79 bits per heavy atom. The number of amides is 1. The Bertz CT molecular complexity index is 875. The maximum absolute atomic E-state index is 12.9. The van der Waals surface area contributed by atoms with Crippen LogP contribution in [0.15, 0.2) is 35.0 Å². The lowest BCUT2D eigenvalue weighted by atomic mass is 10.2. The van der Waals surface area contributed by atoms with Crippen LogP contribution in [0.5, 0.6) is 5.75 Å². The Balaban J connectivity index is 1.96. The first-order chi connectivity index (χ1) is 11.5. The molecule has 0 bridgehead atoms. The van der Waals surface area contributed by atoms with Gasteiger partial charge in [0, 0.05) is 23.0 Å².